The van der Waals surface area contributed by atoms with Crippen LogP contribution >= 0.6 is 0 Å². The first-order chi connectivity index (χ1) is 6.34. The van der Waals surface area contributed by atoms with Crippen LogP contribution in [0.5, 0.6) is 5.88 Å². The summed E-state index contributed by atoms with van der Waals surface area (Å²) >= 11 is 0. The molecule has 0 aromatic carbocycles. The Morgan fingerprint density at radius 3 is 2.77 bits per heavy atom. The van der Waals surface area contributed by atoms with Crippen LogP contribution < -0.4 is 4.74 Å². The van der Waals surface area contributed by atoms with Crippen molar-refractivity contribution in [3.63, 3.8) is 0 Å². The molecule has 0 bridgehead atoms. The molecule has 70 valence electrons. The maximum Gasteiger partial charge on any atom is 0.233 e. The first kappa shape index (κ1) is 8.48. The first-order valence-corrected chi connectivity index (χ1v) is 4.78. The van der Waals surface area contributed by atoms with Crippen LogP contribution in [0.25, 0.3) is 0 Å². The summed E-state index contributed by atoms with van der Waals surface area (Å²) in [6.45, 7) is 2.72. The van der Waals surface area contributed by atoms with Gasteiger partial charge in [0.15, 0.2) is 0 Å². The molecule has 0 atom stereocenters. The van der Waals surface area contributed by atoms with Gasteiger partial charge in [0, 0.05) is 6.07 Å². The van der Waals surface area contributed by atoms with Gasteiger partial charge in [0.05, 0.1) is 12.3 Å². The lowest BCUT2D eigenvalue weighted by Gasteiger charge is -2.24. The summed E-state index contributed by atoms with van der Waals surface area (Å²) in [5.41, 5.74) is 0.927. The zero-order valence-electron chi connectivity index (χ0n) is 7.86. The van der Waals surface area contributed by atoms with Crippen LogP contribution in [0.3, 0.4) is 0 Å². The van der Waals surface area contributed by atoms with Gasteiger partial charge in [0.1, 0.15) is 0 Å². The Labute approximate surface area is 78.1 Å². The molecule has 3 heteroatoms. The monoisotopic (exact) mass is 178 g/mol. The summed E-state index contributed by atoms with van der Waals surface area (Å²) in [6, 6.07) is 3.80. The number of nitrogens with zero attached hydrogens (tertiary/aromatic N) is 2. The molecule has 0 unspecified atom stereocenters. The number of hydrogen-bond acceptors (Lipinski definition) is 3. The van der Waals surface area contributed by atoms with Gasteiger partial charge < -0.3 is 4.74 Å². The van der Waals surface area contributed by atoms with Gasteiger partial charge in [-0.1, -0.05) is 6.42 Å². The average molecular weight is 178 g/mol. The van der Waals surface area contributed by atoms with Gasteiger partial charge in [-0.2, -0.15) is 5.10 Å². The van der Waals surface area contributed by atoms with E-state index < -0.39 is 0 Å². The van der Waals surface area contributed by atoms with E-state index in [0.717, 1.165) is 18.2 Å². The second-order valence-electron chi connectivity index (χ2n) is 3.62. The highest BCUT2D eigenvalue weighted by molar-refractivity contribution is 5.10. The van der Waals surface area contributed by atoms with Crippen LogP contribution in [0.2, 0.25) is 0 Å². The van der Waals surface area contributed by atoms with Crippen LogP contribution in [-0.4, -0.2) is 16.8 Å². The fourth-order valence-corrected chi connectivity index (χ4v) is 1.33. The van der Waals surface area contributed by atoms with E-state index in [2.05, 4.69) is 10.2 Å². The van der Waals surface area contributed by atoms with E-state index >= 15 is 0 Å². The van der Waals surface area contributed by atoms with E-state index in [-0.39, 0.29) is 0 Å². The molecule has 0 amide bonds. The molecular formula is C10H14N2O. The van der Waals surface area contributed by atoms with Crippen LogP contribution in [0, 0.1) is 12.8 Å². The van der Waals surface area contributed by atoms with Gasteiger partial charge in [0.25, 0.3) is 0 Å². The van der Waals surface area contributed by atoms with Crippen molar-refractivity contribution < 1.29 is 4.74 Å². The van der Waals surface area contributed by atoms with Crippen molar-refractivity contribution in [2.45, 2.75) is 26.2 Å². The highest BCUT2D eigenvalue weighted by Crippen LogP contribution is 2.26. The number of hydrogen-bond donors (Lipinski definition) is 0. The Morgan fingerprint density at radius 2 is 2.23 bits per heavy atom. The van der Waals surface area contributed by atoms with Crippen LogP contribution in [-0.2, 0) is 0 Å². The topological polar surface area (TPSA) is 35.0 Å². The molecule has 13 heavy (non-hydrogen) atoms. The summed E-state index contributed by atoms with van der Waals surface area (Å²) in [5, 5.41) is 7.86. The minimum Gasteiger partial charge on any atom is -0.476 e. The van der Waals surface area contributed by atoms with Gasteiger partial charge in [-0.25, -0.2) is 0 Å². The maximum absolute atomic E-state index is 5.49. The fraction of sp³-hybridized carbons (Fsp3) is 0.600. The van der Waals surface area contributed by atoms with E-state index in [9.17, 15) is 0 Å². The predicted molar refractivity (Wildman–Crippen MR) is 49.6 cm³/mol. The third kappa shape index (κ3) is 2.17. The molecular weight excluding hydrogens is 164 g/mol. The van der Waals surface area contributed by atoms with Crippen molar-refractivity contribution in [2.24, 2.45) is 5.92 Å². The summed E-state index contributed by atoms with van der Waals surface area (Å²) in [7, 11) is 0. The van der Waals surface area contributed by atoms with Crippen LogP contribution in [0.4, 0.5) is 0 Å². The molecule has 1 aliphatic carbocycles. The standard InChI is InChI=1S/C10H14N2O/c1-8-5-6-10(12-11-8)13-7-9-3-2-4-9/h5-6,9H,2-4,7H2,1H3. The van der Waals surface area contributed by atoms with Gasteiger partial charge in [-0.3, -0.25) is 0 Å². The van der Waals surface area contributed by atoms with Crippen LogP contribution in [0.1, 0.15) is 25.0 Å². The van der Waals surface area contributed by atoms with E-state index in [1.807, 2.05) is 19.1 Å². The predicted octanol–water partition coefficient (Wildman–Crippen LogP) is 1.96. The lowest BCUT2D eigenvalue weighted by molar-refractivity contribution is 0.174. The Balaban J connectivity index is 1.83. The lowest BCUT2D eigenvalue weighted by Crippen LogP contribution is -2.19. The number of aromatic nitrogens is 2. The van der Waals surface area contributed by atoms with Gasteiger partial charge in [0.2, 0.25) is 5.88 Å². The molecule has 1 aromatic heterocycles. The Hall–Kier alpha value is -1.12. The largest absolute Gasteiger partial charge is 0.476 e. The lowest BCUT2D eigenvalue weighted by atomic mass is 9.86. The quantitative estimate of drug-likeness (QED) is 0.709. The Bertz CT molecular complexity index is 267. The highest BCUT2D eigenvalue weighted by atomic mass is 16.5. The zero-order chi connectivity index (χ0) is 9.10. The first-order valence-electron chi connectivity index (χ1n) is 4.78. The third-order valence-corrected chi connectivity index (χ3v) is 2.47. The van der Waals surface area contributed by atoms with Crippen molar-refractivity contribution in [1.29, 1.82) is 0 Å². The minimum absolute atomic E-state index is 0.650. The minimum atomic E-state index is 0.650. The maximum atomic E-state index is 5.49. The van der Waals surface area contributed by atoms with Gasteiger partial charge >= 0.3 is 0 Å². The molecule has 0 radical (unpaired) electrons. The smallest absolute Gasteiger partial charge is 0.233 e. The fourth-order valence-electron chi connectivity index (χ4n) is 1.33. The normalized spacial score (nSPS) is 16.7. The molecule has 3 nitrogen and oxygen atoms in total. The van der Waals surface area contributed by atoms with E-state index in [0.29, 0.717) is 5.88 Å². The molecule has 1 aromatic rings. The molecule has 1 saturated carbocycles. The number of rotatable bonds is 3. The summed E-state index contributed by atoms with van der Waals surface area (Å²) < 4.78 is 5.49. The zero-order valence-corrected chi connectivity index (χ0v) is 7.86. The van der Waals surface area contributed by atoms with Crippen molar-refractivity contribution in [2.75, 3.05) is 6.61 Å². The van der Waals surface area contributed by atoms with E-state index in [4.69, 9.17) is 4.74 Å². The molecule has 2 rings (SSSR count). The molecule has 0 saturated heterocycles. The molecule has 1 aliphatic rings. The van der Waals surface area contributed by atoms with Crippen molar-refractivity contribution in [1.82, 2.24) is 10.2 Å². The van der Waals surface area contributed by atoms with Gasteiger partial charge in [-0.15, -0.1) is 5.10 Å². The third-order valence-electron chi connectivity index (χ3n) is 2.47. The number of ether oxygens (including phenoxy) is 1. The van der Waals surface area contributed by atoms with Crippen molar-refractivity contribution in [3.8, 4) is 5.88 Å². The van der Waals surface area contributed by atoms with Crippen LogP contribution in [0.15, 0.2) is 12.1 Å². The van der Waals surface area contributed by atoms with Gasteiger partial charge in [-0.05, 0) is 31.7 Å². The Kier molecular flexibility index (Phi) is 2.43. The highest BCUT2D eigenvalue weighted by Gasteiger charge is 2.17. The second kappa shape index (κ2) is 3.73. The number of aryl methyl sites for hydroxylation is 1. The molecule has 0 spiro atoms. The molecule has 1 heterocycles. The van der Waals surface area contributed by atoms with E-state index in [1.54, 1.807) is 0 Å². The van der Waals surface area contributed by atoms with Crippen molar-refractivity contribution >= 4 is 0 Å². The summed E-state index contributed by atoms with van der Waals surface area (Å²) in [6.07, 6.45) is 3.96. The van der Waals surface area contributed by atoms with E-state index in [1.165, 1.54) is 19.3 Å². The molecule has 1 fully saturated rings. The molecule has 0 N–H and O–H groups in total. The average Bonchev–Trinajstić information content (AvgIpc) is 2.05. The second-order valence-corrected chi connectivity index (χ2v) is 3.62. The molecule has 0 aliphatic heterocycles. The Morgan fingerprint density at radius 1 is 1.38 bits per heavy atom. The summed E-state index contributed by atoms with van der Waals surface area (Å²) in [4.78, 5) is 0. The SMILES string of the molecule is Cc1ccc(OCC2CCC2)nn1. The van der Waals surface area contributed by atoms with Crippen molar-refractivity contribution in [3.05, 3.63) is 17.8 Å². The summed E-state index contributed by atoms with van der Waals surface area (Å²) in [5.74, 6) is 1.40.